The van der Waals surface area contributed by atoms with Crippen molar-refractivity contribution in [1.29, 1.82) is 0 Å². The summed E-state index contributed by atoms with van der Waals surface area (Å²) in [5.41, 5.74) is 12.6. The van der Waals surface area contributed by atoms with E-state index in [0.29, 0.717) is 31.8 Å². The van der Waals surface area contributed by atoms with Crippen molar-refractivity contribution in [1.82, 2.24) is 5.01 Å². The van der Waals surface area contributed by atoms with Crippen LogP contribution in [0.4, 0.5) is 10.5 Å². The van der Waals surface area contributed by atoms with Crippen molar-refractivity contribution in [3.05, 3.63) is 126 Å². The van der Waals surface area contributed by atoms with Gasteiger partial charge in [-0.05, 0) is 59.5 Å². The Kier molecular flexibility index (Phi) is 8.15. The number of urea groups is 1. The number of ether oxygens (including phenoxy) is 1. The molecule has 0 spiro atoms. The summed E-state index contributed by atoms with van der Waals surface area (Å²) < 4.78 is 5.27. The van der Waals surface area contributed by atoms with Crippen LogP contribution in [-0.4, -0.2) is 37.0 Å². The SMILES string of the molecule is COc1ccc(C=CC2=NN(CCCN)C(=O)N(Cc3ccc(-c4ccccc4)cc3)c3ccccc32)cc1. The number of rotatable bonds is 9. The largest absolute Gasteiger partial charge is 0.497 e. The standard InChI is InChI=1S/C33H32N4O2/c1-39-29-19-14-25(15-20-29)16-21-31-30-10-5-6-11-32(30)36(33(38)37(35-31)23-7-22-34)24-26-12-17-28(18-13-26)27-8-3-2-4-9-27/h2-6,8-21H,7,22-24,34H2,1H3. The second-order valence-electron chi connectivity index (χ2n) is 9.31. The number of benzene rings is 4. The molecule has 6 heteroatoms. The number of hydrogen-bond acceptors (Lipinski definition) is 4. The third kappa shape index (κ3) is 6.08. The van der Waals surface area contributed by atoms with Crippen LogP contribution < -0.4 is 15.4 Å². The lowest BCUT2D eigenvalue weighted by molar-refractivity contribution is 0.206. The number of methoxy groups -OCH3 is 1. The molecule has 0 saturated carbocycles. The van der Waals surface area contributed by atoms with Crippen LogP contribution in [0.5, 0.6) is 5.75 Å². The van der Waals surface area contributed by atoms with Gasteiger partial charge in [0.15, 0.2) is 0 Å². The summed E-state index contributed by atoms with van der Waals surface area (Å²) >= 11 is 0. The average Bonchev–Trinajstić information content (AvgIpc) is 3.10. The van der Waals surface area contributed by atoms with E-state index in [9.17, 15) is 4.79 Å². The van der Waals surface area contributed by atoms with Crippen molar-refractivity contribution in [2.24, 2.45) is 10.8 Å². The third-order valence-electron chi connectivity index (χ3n) is 6.68. The number of nitrogens with zero attached hydrogens (tertiary/aromatic N) is 3. The molecule has 0 aromatic heterocycles. The van der Waals surface area contributed by atoms with Crippen molar-refractivity contribution in [2.45, 2.75) is 13.0 Å². The van der Waals surface area contributed by atoms with Gasteiger partial charge in [-0.1, -0.05) is 91.0 Å². The number of amides is 2. The van der Waals surface area contributed by atoms with Gasteiger partial charge in [-0.25, -0.2) is 9.80 Å². The average molecular weight is 517 g/mol. The zero-order valence-corrected chi connectivity index (χ0v) is 22.0. The van der Waals surface area contributed by atoms with Gasteiger partial charge in [0, 0.05) is 12.1 Å². The van der Waals surface area contributed by atoms with Crippen LogP contribution in [0.3, 0.4) is 0 Å². The lowest BCUT2D eigenvalue weighted by atomic mass is 10.0. The zero-order chi connectivity index (χ0) is 27.0. The predicted octanol–water partition coefficient (Wildman–Crippen LogP) is 6.57. The van der Waals surface area contributed by atoms with Crippen molar-refractivity contribution in [2.75, 3.05) is 25.1 Å². The highest BCUT2D eigenvalue weighted by molar-refractivity contribution is 6.17. The van der Waals surface area contributed by atoms with Gasteiger partial charge in [-0.2, -0.15) is 5.10 Å². The number of nitrogens with two attached hydrogens (primary N) is 1. The Morgan fingerprint density at radius 3 is 2.23 bits per heavy atom. The Labute approximate surface area is 229 Å². The van der Waals surface area contributed by atoms with Crippen LogP contribution >= 0.6 is 0 Å². The van der Waals surface area contributed by atoms with Crippen molar-refractivity contribution in [3.63, 3.8) is 0 Å². The topological polar surface area (TPSA) is 71.2 Å². The lowest BCUT2D eigenvalue weighted by Gasteiger charge is -2.26. The first kappa shape index (κ1) is 25.9. The van der Waals surface area contributed by atoms with Gasteiger partial charge in [0.2, 0.25) is 0 Å². The van der Waals surface area contributed by atoms with E-state index in [4.69, 9.17) is 15.6 Å². The summed E-state index contributed by atoms with van der Waals surface area (Å²) in [6, 6.07) is 34.2. The molecule has 4 aromatic rings. The van der Waals surface area contributed by atoms with Crippen LogP contribution in [-0.2, 0) is 6.54 Å². The first-order chi connectivity index (χ1) is 19.2. The van der Waals surface area contributed by atoms with E-state index < -0.39 is 0 Å². The summed E-state index contributed by atoms with van der Waals surface area (Å²) in [6.07, 6.45) is 4.61. The molecule has 6 nitrogen and oxygen atoms in total. The molecule has 0 fully saturated rings. The molecule has 4 aromatic carbocycles. The summed E-state index contributed by atoms with van der Waals surface area (Å²) in [6.45, 7) is 1.34. The number of allylic oxidation sites excluding steroid dienone is 1. The van der Waals surface area contributed by atoms with Gasteiger partial charge < -0.3 is 10.5 Å². The van der Waals surface area contributed by atoms with Crippen LogP contribution in [0.15, 0.2) is 114 Å². The van der Waals surface area contributed by atoms with E-state index in [1.165, 1.54) is 0 Å². The lowest BCUT2D eigenvalue weighted by Crippen LogP contribution is -2.40. The van der Waals surface area contributed by atoms with E-state index in [0.717, 1.165) is 39.3 Å². The quantitative estimate of drug-likeness (QED) is 0.273. The Bertz CT molecular complexity index is 1460. The van der Waals surface area contributed by atoms with E-state index in [-0.39, 0.29) is 6.03 Å². The molecule has 5 rings (SSSR count). The molecular weight excluding hydrogens is 484 g/mol. The first-order valence-corrected chi connectivity index (χ1v) is 13.1. The fourth-order valence-electron chi connectivity index (χ4n) is 4.56. The Morgan fingerprint density at radius 1 is 0.821 bits per heavy atom. The van der Waals surface area contributed by atoms with E-state index in [2.05, 4.69) is 36.4 Å². The van der Waals surface area contributed by atoms with Gasteiger partial charge >= 0.3 is 6.03 Å². The summed E-state index contributed by atoms with van der Waals surface area (Å²) in [7, 11) is 1.65. The molecule has 39 heavy (non-hydrogen) atoms. The van der Waals surface area contributed by atoms with Gasteiger partial charge in [0.05, 0.1) is 25.1 Å². The highest BCUT2D eigenvalue weighted by Crippen LogP contribution is 2.29. The number of anilines is 1. The third-order valence-corrected chi connectivity index (χ3v) is 6.68. The molecule has 2 amide bonds. The minimum absolute atomic E-state index is 0.170. The molecular formula is C33H32N4O2. The molecule has 0 bridgehead atoms. The highest BCUT2D eigenvalue weighted by Gasteiger charge is 2.29. The summed E-state index contributed by atoms with van der Waals surface area (Å²) in [5.74, 6) is 0.801. The first-order valence-electron chi connectivity index (χ1n) is 13.1. The maximum absolute atomic E-state index is 13.9. The van der Waals surface area contributed by atoms with Crippen molar-refractivity contribution >= 4 is 23.5 Å². The second-order valence-corrected chi connectivity index (χ2v) is 9.31. The summed E-state index contributed by atoms with van der Waals surface area (Å²) in [4.78, 5) is 15.7. The predicted molar refractivity (Wildman–Crippen MR) is 159 cm³/mol. The normalized spacial score (nSPS) is 13.3. The number of carbonyl (C=O) groups excluding carboxylic acids is 1. The molecule has 0 unspecified atom stereocenters. The molecule has 0 aliphatic carbocycles. The Balaban J connectivity index is 1.48. The fraction of sp³-hybridized carbons (Fsp3) is 0.152. The molecule has 0 saturated heterocycles. The van der Waals surface area contributed by atoms with Crippen LogP contribution in [0.1, 0.15) is 23.1 Å². The van der Waals surface area contributed by atoms with Gasteiger partial charge in [0.25, 0.3) is 0 Å². The van der Waals surface area contributed by atoms with E-state index in [1.807, 2.05) is 78.9 Å². The van der Waals surface area contributed by atoms with Gasteiger partial charge in [-0.3, -0.25) is 4.90 Å². The van der Waals surface area contributed by atoms with Crippen LogP contribution in [0.2, 0.25) is 0 Å². The van der Waals surface area contributed by atoms with Crippen molar-refractivity contribution in [3.8, 4) is 16.9 Å². The highest BCUT2D eigenvalue weighted by atomic mass is 16.5. The molecule has 2 N–H and O–H groups in total. The number of hydrazone groups is 1. The van der Waals surface area contributed by atoms with E-state index >= 15 is 0 Å². The molecule has 1 aliphatic heterocycles. The number of para-hydroxylation sites is 1. The Morgan fingerprint density at radius 2 is 1.51 bits per heavy atom. The smallest absolute Gasteiger partial charge is 0.345 e. The second kappa shape index (κ2) is 12.2. The fourth-order valence-corrected chi connectivity index (χ4v) is 4.56. The molecule has 196 valence electrons. The maximum atomic E-state index is 13.9. The summed E-state index contributed by atoms with van der Waals surface area (Å²) in [5, 5.41) is 6.36. The molecule has 1 heterocycles. The number of carbonyl (C=O) groups is 1. The molecule has 1 aliphatic rings. The monoisotopic (exact) mass is 516 g/mol. The number of hydrogen-bond donors (Lipinski definition) is 1. The van der Waals surface area contributed by atoms with Crippen molar-refractivity contribution < 1.29 is 9.53 Å². The maximum Gasteiger partial charge on any atom is 0.345 e. The Hall–Kier alpha value is -4.68. The van der Waals surface area contributed by atoms with Crippen LogP contribution in [0.25, 0.3) is 17.2 Å². The molecule has 0 radical (unpaired) electrons. The molecule has 0 atom stereocenters. The van der Waals surface area contributed by atoms with E-state index in [1.54, 1.807) is 17.0 Å². The minimum atomic E-state index is -0.170. The zero-order valence-electron chi connectivity index (χ0n) is 22.0. The minimum Gasteiger partial charge on any atom is -0.497 e. The van der Waals surface area contributed by atoms with Gasteiger partial charge in [0.1, 0.15) is 5.75 Å². The number of fused-ring (bicyclic) bond motifs is 1. The van der Waals surface area contributed by atoms with Crippen LogP contribution in [0, 0.1) is 0 Å². The van der Waals surface area contributed by atoms with Gasteiger partial charge in [-0.15, -0.1) is 0 Å².